The van der Waals surface area contributed by atoms with Crippen LogP contribution >= 0.6 is 0 Å². The van der Waals surface area contributed by atoms with Crippen molar-refractivity contribution in [3.05, 3.63) is 85.1 Å². The minimum absolute atomic E-state index is 0.0215. The van der Waals surface area contributed by atoms with Crippen LogP contribution in [0.25, 0.3) is 0 Å². The van der Waals surface area contributed by atoms with Gasteiger partial charge in [-0.3, -0.25) is 9.59 Å². The summed E-state index contributed by atoms with van der Waals surface area (Å²) in [6.45, 7) is 7.45. The van der Waals surface area contributed by atoms with E-state index in [9.17, 15) is 9.59 Å². The molecule has 1 unspecified atom stereocenters. The first-order chi connectivity index (χ1) is 24.6. The van der Waals surface area contributed by atoms with E-state index in [2.05, 4.69) is 93.7 Å². The molecule has 5 heteroatoms. The Balaban J connectivity index is 4.34. The number of allylic oxidation sites excluding steroid dienone is 13. The Bertz CT molecular complexity index is 968. The summed E-state index contributed by atoms with van der Waals surface area (Å²) in [6.07, 6.45) is 51.8. The van der Waals surface area contributed by atoms with Crippen LogP contribution < -0.4 is 0 Å². The summed E-state index contributed by atoms with van der Waals surface area (Å²) in [5.74, 6) is -0.572. The third kappa shape index (κ3) is 37.9. The Kier molecular flexibility index (Phi) is 38.1. The summed E-state index contributed by atoms with van der Waals surface area (Å²) >= 11 is 0. The van der Waals surface area contributed by atoms with Gasteiger partial charge in [0, 0.05) is 13.0 Å². The number of carbonyl (C=O) groups is 2. The third-order valence-electron chi connectivity index (χ3n) is 7.93. The second-order valence-corrected chi connectivity index (χ2v) is 12.8. The predicted molar refractivity (Wildman–Crippen MR) is 214 cm³/mol. The maximum absolute atomic E-state index is 12.6. The van der Waals surface area contributed by atoms with E-state index in [-0.39, 0.29) is 31.6 Å². The van der Waals surface area contributed by atoms with E-state index in [1.807, 2.05) is 12.2 Å². The highest BCUT2D eigenvalue weighted by Crippen LogP contribution is 2.11. The highest BCUT2D eigenvalue weighted by Gasteiger charge is 2.17. The lowest BCUT2D eigenvalue weighted by molar-refractivity contribution is -0.162. The van der Waals surface area contributed by atoms with Crippen molar-refractivity contribution in [2.75, 3.05) is 19.8 Å². The summed E-state index contributed by atoms with van der Waals surface area (Å²) in [7, 11) is 0. The number of hydrogen-bond donors (Lipinski definition) is 0. The van der Waals surface area contributed by atoms with Crippen LogP contribution in [0.15, 0.2) is 85.1 Å². The monoisotopic (exact) mass is 695 g/mol. The average molecular weight is 695 g/mol. The molecule has 0 aliphatic rings. The summed E-state index contributed by atoms with van der Waals surface area (Å²) in [5, 5.41) is 0. The van der Waals surface area contributed by atoms with Gasteiger partial charge in [0.2, 0.25) is 0 Å². The van der Waals surface area contributed by atoms with Gasteiger partial charge in [-0.05, 0) is 70.6 Å². The number of rotatable bonds is 35. The van der Waals surface area contributed by atoms with Gasteiger partial charge in [-0.2, -0.15) is 0 Å². The van der Waals surface area contributed by atoms with Crippen molar-refractivity contribution in [1.29, 1.82) is 0 Å². The van der Waals surface area contributed by atoms with Gasteiger partial charge < -0.3 is 14.2 Å². The highest BCUT2D eigenvalue weighted by molar-refractivity contribution is 5.71. The van der Waals surface area contributed by atoms with E-state index in [1.54, 1.807) is 0 Å². The molecule has 0 aromatic carbocycles. The molecule has 1 atom stereocenters. The second kappa shape index (κ2) is 40.5. The van der Waals surface area contributed by atoms with E-state index in [1.165, 1.54) is 44.9 Å². The van der Waals surface area contributed by atoms with Crippen molar-refractivity contribution in [3.8, 4) is 0 Å². The van der Waals surface area contributed by atoms with Crippen molar-refractivity contribution < 1.29 is 23.8 Å². The van der Waals surface area contributed by atoms with Crippen molar-refractivity contribution in [2.24, 2.45) is 0 Å². The molecule has 50 heavy (non-hydrogen) atoms. The Morgan fingerprint density at radius 3 is 1.62 bits per heavy atom. The molecule has 0 amide bonds. The van der Waals surface area contributed by atoms with Gasteiger partial charge in [0.05, 0.1) is 13.0 Å². The standard InChI is InChI=1S/C45H74O5/c1-4-7-10-13-16-18-20-22-23-25-26-28-30-32-35-38-44(46)49-42-43(41-48-40-37-34-15-12-9-6-3)50-45(47)39-36-33-31-29-27-24-21-19-17-14-11-8-5-2/h7,10-11,14,16,18-19,21-23,26,28,32,35,43H,4-6,8-9,12-13,15,17,20,24-25,27,29-31,33-34,36-42H2,1-3H3/b10-7-,14-11-,18-16-,21-19-,23-22-,28-26-,35-32-. The molecule has 0 saturated heterocycles. The fraction of sp³-hybridized carbons (Fsp3) is 0.644. The minimum Gasteiger partial charge on any atom is -0.461 e. The summed E-state index contributed by atoms with van der Waals surface area (Å²) in [6, 6.07) is 0. The zero-order chi connectivity index (χ0) is 36.4. The Morgan fingerprint density at radius 2 is 1.00 bits per heavy atom. The van der Waals surface area contributed by atoms with Gasteiger partial charge >= 0.3 is 11.9 Å². The average Bonchev–Trinajstić information content (AvgIpc) is 3.11. The zero-order valence-corrected chi connectivity index (χ0v) is 32.4. The van der Waals surface area contributed by atoms with Crippen LogP contribution in [0, 0.1) is 0 Å². The molecular weight excluding hydrogens is 620 g/mol. The molecule has 5 nitrogen and oxygen atoms in total. The third-order valence-corrected chi connectivity index (χ3v) is 7.93. The molecule has 0 aromatic rings. The van der Waals surface area contributed by atoms with E-state index in [0.29, 0.717) is 13.0 Å². The lowest BCUT2D eigenvalue weighted by atomic mass is 10.1. The first kappa shape index (κ1) is 47.1. The SMILES string of the molecule is CC/C=C\C/C=C\C/C=C\C/C=C\C/C=C\CC(=O)OCC(COCCCCCCCC)OC(=O)CCCCCCC/C=C\C/C=C\CCC. The zero-order valence-electron chi connectivity index (χ0n) is 32.4. The van der Waals surface area contributed by atoms with Crippen LogP contribution in [0.1, 0.15) is 162 Å². The van der Waals surface area contributed by atoms with Crippen molar-refractivity contribution >= 4 is 11.9 Å². The molecule has 0 bridgehead atoms. The van der Waals surface area contributed by atoms with Gasteiger partial charge in [-0.15, -0.1) is 0 Å². The normalized spacial score (nSPS) is 13.1. The van der Waals surface area contributed by atoms with Crippen LogP contribution in [0.2, 0.25) is 0 Å². The van der Waals surface area contributed by atoms with Crippen LogP contribution in [0.5, 0.6) is 0 Å². The topological polar surface area (TPSA) is 61.8 Å². The number of esters is 2. The lowest BCUT2D eigenvalue weighted by Crippen LogP contribution is -2.30. The first-order valence-corrected chi connectivity index (χ1v) is 20.1. The number of carbonyl (C=O) groups excluding carboxylic acids is 2. The smallest absolute Gasteiger partial charge is 0.309 e. The Hall–Kier alpha value is -2.92. The van der Waals surface area contributed by atoms with Crippen LogP contribution in [-0.4, -0.2) is 37.9 Å². The molecule has 0 spiro atoms. The molecule has 0 aliphatic carbocycles. The molecule has 0 aromatic heterocycles. The molecule has 0 rings (SSSR count). The molecule has 0 N–H and O–H groups in total. The lowest BCUT2D eigenvalue weighted by Gasteiger charge is -2.18. The van der Waals surface area contributed by atoms with E-state index >= 15 is 0 Å². The van der Waals surface area contributed by atoms with Crippen molar-refractivity contribution in [1.82, 2.24) is 0 Å². The summed E-state index contributed by atoms with van der Waals surface area (Å²) in [4.78, 5) is 25.0. The van der Waals surface area contributed by atoms with Gasteiger partial charge in [0.15, 0.2) is 6.10 Å². The molecular formula is C45H74O5. The second-order valence-electron chi connectivity index (χ2n) is 12.8. The summed E-state index contributed by atoms with van der Waals surface area (Å²) in [5.41, 5.74) is 0. The van der Waals surface area contributed by atoms with E-state index < -0.39 is 6.10 Å². The maximum Gasteiger partial charge on any atom is 0.309 e. The molecule has 0 aliphatic heterocycles. The fourth-order valence-electron chi connectivity index (χ4n) is 4.97. The number of ether oxygens (including phenoxy) is 3. The van der Waals surface area contributed by atoms with Crippen molar-refractivity contribution in [2.45, 2.75) is 168 Å². The van der Waals surface area contributed by atoms with Gasteiger partial charge in [0.1, 0.15) is 6.61 Å². The quantitative estimate of drug-likeness (QED) is 0.0375. The minimum atomic E-state index is -0.580. The maximum atomic E-state index is 12.6. The van der Waals surface area contributed by atoms with E-state index in [0.717, 1.165) is 83.5 Å². The largest absolute Gasteiger partial charge is 0.461 e. The molecule has 0 saturated carbocycles. The Morgan fingerprint density at radius 1 is 0.480 bits per heavy atom. The van der Waals surface area contributed by atoms with Crippen LogP contribution in [0.3, 0.4) is 0 Å². The predicted octanol–water partition coefficient (Wildman–Crippen LogP) is 13.0. The molecule has 284 valence electrons. The van der Waals surface area contributed by atoms with Gasteiger partial charge in [0.25, 0.3) is 0 Å². The Labute approximate surface area is 308 Å². The number of unbranched alkanes of at least 4 members (excludes halogenated alkanes) is 11. The van der Waals surface area contributed by atoms with E-state index in [4.69, 9.17) is 14.2 Å². The number of hydrogen-bond acceptors (Lipinski definition) is 5. The highest BCUT2D eigenvalue weighted by atomic mass is 16.6. The molecule has 0 radical (unpaired) electrons. The van der Waals surface area contributed by atoms with Gasteiger partial charge in [-0.25, -0.2) is 0 Å². The molecule has 0 heterocycles. The van der Waals surface area contributed by atoms with Crippen LogP contribution in [0.4, 0.5) is 0 Å². The van der Waals surface area contributed by atoms with Crippen LogP contribution in [-0.2, 0) is 23.8 Å². The first-order valence-electron chi connectivity index (χ1n) is 20.1. The summed E-state index contributed by atoms with van der Waals surface area (Å²) < 4.78 is 17.0. The fourth-order valence-corrected chi connectivity index (χ4v) is 4.97. The molecule has 0 fully saturated rings. The van der Waals surface area contributed by atoms with Crippen molar-refractivity contribution in [3.63, 3.8) is 0 Å². The van der Waals surface area contributed by atoms with Gasteiger partial charge in [-0.1, -0.05) is 164 Å².